The molecule has 2 N–H and O–H groups in total. The zero-order valence-electron chi connectivity index (χ0n) is 13.1. The molecule has 1 saturated carbocycles. The van der Waals surface area contributed by atoms with Gasteiger partial charge in [0.1, 0.15) is 6.10 Å². The van der Waals surface area contributed by atoms with Gasteiger partial charge in [0.05, 0.1) is 6.61 Å². The van der Waals surface area contributed by atoms with E-state index in [4.69, 9.17) is 9.47 Å². The van der Waals surface area contributed by atoms with Crippen LogP contribution in [0.1, 0.15) is 38.2 Å². The Morgan fingerprint density at radius 3 is 2.95 bits per heavy atom. The van der Waals surface area contributed by atoms with Gasteiger partial charge in [0.15, 0.2) is 0 Å². The smallest absolute Gasteiger partial charge is 0.315 e. The van der Waals surface area contributed by atoms with Crippen LogP contribution in [0.25, 0.3) is 0 Å². The Morgan fingerprint density at radius 1 is 1.36 bits per heavy atom. The van der Waals surface area contributed by atoms with Crippen molar-refractivity contribution in [1.29, 1.82) is 0 Å². The summed E-state index contributed by atoms with van der Waals surface area (Å²) >= 11 is 0. The fourth-order valence-corrected chi connectivity index (χ4v) is 2.45. The van der Waals surface area contributed by atoms with Crippen LogP contribution >= 0.6 is 0 Å². The molecule has 1 heterocycles. The Bertz CT molecular complexity index is 462. The Kier molecular flexibility index (Phi) is 6.96. The van der Waals surface area contributed by atoms with E-state index in [0.29, 0.717) is 32.2 Å². The third kappa shape index (κ3) is 5.52. The average Bonchev–Trinajstić information content (AvgIpc) is 3.04. The second kappa shape index (κ2) is 9.25. The molecule has 0 radical (unpaired) electrons. The first-order valence-electron chi connectivity index (χ1n) is 7.99. The standard InChI is InChI=1S/C16H25N3O3/c1-2-21-11-10-18-16(20)19-12-13-6-5-9-17-15(13)22-14-7-3-4-8-14/h5-6,9,14H,2-4,7-8,10-12H2,1H3,(H2,18,19,20). The summed E-state index contributed by atoms with van der Waals surface area (Å²) in [6.07, 6.45) is 6.58. The van der Waals surface area contributed by atoms with E-state index < -0.39 is 0 Å². The first-order chi connectivity index (χ1) is 10.8. The second-order valence-electron chi connectivity index (χ2n) is 5.30. The predicted molar refractivity (Wildman–Crippen MR) is 83.9 cm³/mol. The van der Waals surface area contributed by atoms with E-state index in [1.165, 1.54) is 12.8 Å². The van der Waals surface area contributed by atoms with Gasteiger partial charge in [0.25, 0.3) is 0 Å². The summed E-state index contributed by atoms with van der Waals surface area (Å²) < 4.78 is 11.1. The number of hydrogen-bond donors (Lipinski definition) is 2. The van der Waals surface area contributed by atoms with Gasteiger partial charge in [-0.3, -0.25) is 0 Å². The first kappa shape index (κ1) is 16.5. The van der Waals surface area contributed by atoms with Crippen molar-refractivity contribution in [2.75, 3.05) is 19.8 Å². The summed E-state index contributed by atoms with van der Waals surface area (Å²) in [5.41, 5.74) is 0.898. The predicted octanol–water partition coefficient (Wildman–Crippen LogP) is 2.24. The lowest BCUT2D eigenvalue weighted by Crippen LogP contribution is -2.37. The van der Waals surface area contributed by atoms with Crippen LogP contribution in [0.4, 0.5) is 4.79 Å². The summed E-state index contributed by atoms with van der Waals surface area (Å²) in [6, 6.07) is 3.57. The van der Waals surface area contributed by atoms with Crippen LogP contribution in [0.5, 0.6) is 5.88 Å². The molecule has 1 aromatic heterocycles. The molecule has 6 heteroatoms. The Morgan fingerprint density at radius 2 is 2.18 bits per heavy atom. The monoisotopic (exact) mass is 307 g/mol. The van der Waals surface area contributed by atoms with Crippen LogP contribution < -0.4 is 15.4 Å². The number of pyridine rings is 1. The summed E-state index contributed by atoms with van der Waals surface area (Å²) in [7, 11) is 0. The maximum Gasteiger partial charge on any atom is 0.315 e. The summed E-state index contributed by atoms with van der Waals surface area (Å²) in [5, 5.41) is 5.56. The highest BCUT2D eigenvalue weighted by Crippen LogP contribution is 2.24. The molecule has 0 aromatic carbocycles. The molecule has 1 aromatic rings. The fourth-order valence-electron chi connectivity index (χ4n) is 2.45. The number of amides is 2. The molecule has 1 aliphatic carbocycles. The van der Waals surface area contributed by atoms with Crippen molar-refractivity contribution < 1.29 is 14.3 Å². The van der Waals surface area contributed by atoms with Crippen LogP contribution in [0, 0.1) is 0 Å². The van der Waals surface area contributed by atoms with Crippen molar-refractivity contribution in [2.45, 2.75) is 45.3 Å². The Hall–Kier alpha value is -1.82. The van der Waals surface area contributed by atoms with Crippen LogP contribution in [-0.2, 0) is 11.3 Å². The lowest BCUT2D eigenvalue weighted by molar-refractivity contribution is 0.149. The van der Waals surface area contributed by atoms with Crippen molar-refractivity contribution >= 4 is 6.03 Å². The number of ether oxygens (including phenoxy) is 2. The molecule has 6 nitrogen and oxygen atoms in total. The molecule has 0 bridgehead atoms. The highest BCUT2D eigenvalue weighted by Gasteiger charge is 2.18. The summed E-state index contributed by atoms with van der Waals surface area (Å²) in [5.74, 6) is 0.629. The molecule has 122 valence electrons. The van der Waals surface area contributed by atoms with E-state index in [2.05, 4.69) is 15.6 Å². The molecule has 0 spiro atoms. The summed E-state index contributed by atoms with van der Waals surface area (Å²) in [4.78, 5) is 16.0. The topological polar surface area (TPSA) is 72.5 Å². The Labute approximate surface area is 131 Å². The minimum atomic E-state index is -0.213. The van der Waals surface area contributed by atoms with Gasteiger partial charge in [-0.15, -0.1) is 0 Å². The fraction of sp³-hybridized carbons (Fsp3) is 0.625. The van der Waals surface area contributed by atoms with Crippen LogP contribution in [0.2, 0.25) is 0 Å². The Balaban J connectivity index is 1.77. The van der Waals surface area contributed by atoms with Gasteiger partial charge >= 0.3 is 6.03 Å². The van der Waals surface area contributed by atoms with Crippen molar-refractivity contribution in [3.05, 3.63) is 23.9 Å². The maximum absolute atomic E-state index is 11.7. The molecule has 1 aliphatic rings. The molecule has 22 heavy (non-hydrogen) atoms. The van der Waals surface area contributed by atoms with E-state index >= 15 is 0 Å². The summed E-state index contributed by atoms with van der Waals surface area (Å²) in [6.45, 7) is 4.00. The van der Waals surface area contributed by atoms with E-state index in [1.54, 1.807) is 6.20 Å². The normalized spacial score (nSPS) is 14.8. The second-order valence-corrected chi connectivity index (χ2v) is 5.30. The van der Waals surface area contributed by atoms with E-state index in [-0.39, 0.29) is 12.1 Å². The molecule has 0 saturated heterocycles. The van der Waals surface area contributed by atoms with Crippen molar-refractivity contribution in [1.82, 2.24) is 15.6 Å². The molecule has 0 atom stereocenters. The van der Waals surface area contributed by atoms with Crippen molar-refractivity contribution in [2.24, 2.45) is 0 Å². The third-order valence-electron chi connectivity index (χ3n) is 3.61. The quantitative estimate of drug-likeness (QED) is 0.723. The SMILES string of the molecule is CCOCCNC(=O)NCc1cccnc1OC1CCCC1. The number of hydrogen-bond acceptors (Lipinski definition) is 4. The highest BCUT2D eigenvalue weighted by molar-refractivity contribution is 5.73. The minimum Gasteiger partial charge on any atom is -0.474 e. The zero-order chi connectivity index (χ0) is 15.6. The molecule has 2 amide bonds. The van der Waals surface area contributed by atoms with Gasteiger partial charge in [-0.25, -0.2) is 9.78 Å². The first-order valence-corrected chi connectivity index (χ1v) is 7.99. The number of nitrogens with one attached hydrogen (secondary N) is 2. The average molecular weight is 307 g/mol. The molecule has 0 aliphatic heterocycles. The number of aromatic nitrogens is 1. The van der Waals surface area contributed by atoms with Crippen molar-refractivity contribution in [3.63, 3.8) is 0 Å². The number of carbonyl (C=O) groups is 1. The highest BCUT2D eigenvalue weighted by atomic mass is 16.5. The molecule has 2 rings (SSSR count). The maximum atomic E-state index is 11.7. The third-order valence-corrected chi connectivity index (χ3v) is 3.61. The lowest BCUT2D eigenvalue weighted by Gasteiger charge is -2.15. The van der Waals surface area contributed by atoms with Crippen LogP contribution in [0.3, 0.4) is 0 Å². The van der Waals surface area contributed by atoms with Gasteiger partial charge in [-0.05, 0) is 38.7 Å². The minimum absolute atomic E-state index is 0.213. The van der Waals surface area contributed by atoms with Gasteiger partial charge in [-0.1, -0.05) is 6.07 Å². The van der Waals surface area contributed by atoms with E-state index in [9.17, 15) is 4.79 Å². The molecule has 0 unspecified atom stereocenters. The van der Waals surface area contributed by atoms with Crippen LogP contribution in [-0.4, -0.2) is 36.9 Å². The van der Waals surface area contributed by atoms with Crippen molar-refractivity contribution in [3.8, 4) is 5.88 Å². The molecule has 1 fully saturated rings. The zero-order valence-corrected chi connectivity index (χ0v) is 13.1. The molecular weight excluding hydrogens is 282 g/mol. The number of urea groups is 1. The number of carbonyl (C=O) groups excluding carboxylic acids is 1. The van der Waals surface area contributed by atoms with Gasteiger partial charge in [0, 0.05) is 31.5 Å². The van der Waals surface area contributed by atoms with Crippen LogP contribution in [0.15, 0.2) is 18.3 Å². The number of rotatable bonds is 8. The number of nitrogens with zero attached hydrogens (tertiary/aromatic N) is 1. The van der Waals surface area contributed by atoms with E-state index in [1.807, 2.05) is 19.1 Å². The van der Waals surface area contributed by atoms with Gasteiger partial charge in [-0.2, -0.15) is 0 Å². The molecular formula is C16H25N3O3. The lowest BCUT2D eigenvalue weighted by atomic mass is 10.2. The largest absolute Gasteiger partial charge is 0.474 e. The van der Waals surface area contributed by atoms with Gasteiger partial charge in [0.2, 0.25) is 5.88 Å². The van der Waals surface area contributed by atoms with Gasteiger partial charge < -0.3 is 20.1 Å². The van der Waals surface area contributed by atoms with E-state index in [0.717, 1.165) is 18.4 Å².